The average Bonchev–Trinajstić information content (AvgIpc) is 2.81. The molecule has 0 radical (unpaired) electrons. The van der Waals surface area contributed by atoms with Gasteiger partial charge in [0.1, 0.15) is 0 Å². The molecule has 0 saturated heterocycles. The molecule has 0 bridgehead atoms. The molecule has 0 amide bonds. The summed E-state index contributed by atoms with van der Waals surface area (Å²) in [5, 5.41) is 15.2. The number of aliphatic hydroxyl groups excluding tert-OH is 1. The van der Waals surface area contributed by atoms with Crippen molar-refractivity contribution in [2.75, 3.05) is 26.7 Å². The van der Waals surface area contributed by atoms with Crippen LogP contribution in [-0.4, -0.2) is 42.8 Å². The smallest absolute Gasteiger partial charge is 0.0791 e. The van der Waals surface area contributed by atoms with Crippen molar-refractivity contribution < 1.29 is 5.11 Å². The maximum absolute atomic E-state index is 9.89. The normalized spacial score (nSPS) is 15.1. The lowest BCUT2D eigenvalue weighted by Crippen LogP contribution is -2.37. The molecule has 0 spiro atoms. The first-order valence-corrected chi connectivity index (χ1v) is 7.15. The van der Waals surface area contributed by atoms with Gasteiger partial charge in [-0.1, -0.05) is 13.0 Å². The third-order valence-corrected chi connectivity index (χ3v) is 3.96. The zero-order chi connectivity index (χ0) is 12.7. The number of hydrogen-bond acceptors (Lipinski definition) is 4. The molecule has 1 aromatic heterocycles. The minimum atomic E-state index is -0.297. The summed E-state index contributed by atoms with van der Waals surface area (Å²) in [6.45, 7) is 6.66. The lowest BCUT2D eigenvalue weighted by Gasteiger charge is -2.26. The fourth-order valence-corrected chi connectivity index (χ4v) is 2.60. The molecule has 0 aromatic carbocycles. The number of hydrogen-bond donors (Lipinski definition) is 2. The van der Waals surface area contributed by atoms with E-state index in [-0.39, 0.29) is 6.10 Å². The molecule has 0 aliphatic heterocycles. The van der Waals surface area contributed by atoms with Crippen LogP contribution in [0.2, 0.25) is 0 Å². The molecule has 4 heteroatoms. The van der Waals surface area contributed by atoms with Crippen molar-refractivity contribution in [3.8, 4) is 0 Å². The van der Waals surface area contributed by atoms with E-state index >= 15 is 0 Å². The standard InChI is InChI=1S/C13H24N2OS/c1-4-7-14-9-12(16)10-15(3)11(2)13-6-5-8-17-13/h5-6,8,11-12,14,16H,4,7,9-10H2,1-3H3. The number of nitrogens with one attached hydrogen (secondary N) is 1. The molecule has 1 aromatic rings. The first-order chi connectivity index (χ1) is 8.15. The Balaban J connectivity index is 2.30. The zero-order valence-corrected chi connectivity index (χ0v) is 11.8. The molecule has 1 heterocycles. The highest BCUT2D eigenvalue weighted by Gasteiger charge is 2.15. The summed E-state index contributed by atoms with van der Waals surface area (Å²) in [7, 11) is 2.06. The number of thiophene rings is 1. The lowest BCUT2D eigenvalue weighted by atomic mass is 10.2. The maximum Gasteiger partial charge on any atom is 0.0791 e. The third kappa shape index (κ3) is 5.17. The van der Waals surface area contributed by atoms with E-state index in [1.54, 1.807) is 11.3 Å². The third-order valence-electron chi connectivity index (χ3n) is 2.92. The van der Waals surface area contributed by atoms with E-state index in [1.807, 2.05) is 0 Å². The van der Waals surface area contributed by atoms with Crippen LogP contribution in [-0.2, 0) is 0 Å². The second-order valence-corrected chi connectivity index (χ2v) is 5.47. The number of rotatable bonds is 8. The molecule has 1 rings (SSSR count). The van der Waals surface area contributed by atoms with Crippen LogP contribution < -0.4 is 5.32 Å². The van der Waals surface area contributed by atoms with Gasteiger partial charge in [0, 0.05) is 24.0 Å². The van der Waals surface area contributed by atoms with Crippen molar-refractivity contribution in [3.05, 3.63) is 22.4 Å². The minimum Gasteiger partial charge on any atom is -0.390 e. The van der Waals surface area contributed by atoms with Crippen LogP contribution in [0.25, 0.3) is 0 Å². The summed E-state index contributed by atoms with van der Waals surface area (Å²) < 4.78 is 0. The highest BCUT2D eigenvalue weighted by atomic mass is 32.1. The van der Waals surface area contributed by atoms with Gasteiger partial charge in [-0.15, -0.1) is 11.3 Å². The Kier molecular flexibility index (Phi) is 6.73. The number of nitrogens with zero attached hydrogens (tertiary/aromatic N) is 1. The van der Waals surface area contributed by atoms with Crippen LogP contribution in [0.1, 0.15) is 31.2 Å². The minimum absolute atomic E-state index is 0.297. The number of likely N-dealkylation sites (N-methyl/N-ethyl adjacent to an activating group) is 1. The van der Waals surface area contributed by atoms with E-state index in [2.05, 4.69) is 48.6 Å². The second-order valence-electron chi connectivity index (χ2n) is 4.49. The summed E-state index contributed by atoms with van der Waals surface area (Å²) in [4.78, 5) is 3.55. The predicted octanol–water partition coefficient (Wildman–Crippen LogP) is 2.10. The SMILES string of the molecule is CCCNCC(O)CN(C)C(C)c1cccs1. The molecule has 2 atom stereocenters. The molecule has 2 N–H and O–H groups in total. The summed E-state index contributed by atoms with van der Waals surface area (Å²) >= 11 is 1.77. The van der Waals surface area contributed by atoms with Crippen molar-refractivity contribution in [2.45, 2.75) is 32.4 Å². The zero-order valence-electron chi connectivity index (χ0n) is 11.0. The molecule has 3 nitrogen and oxygen atoms in total. The van der Waals surface area contributed by atoms with Crippen LogP contribution in [0.15, 0.2) is 17.5 Å². The highest BCUT2D eigenvalue weighted by Crippen LogP contribution is 2.23. The van der Waals surface area contributed by atoms with Gasteiger partial charge >= 0.3 is 0 Å². The Hall–Kier alpha value is -0.420. The largest absolute Gasteiger partial charge is 0.390 e. The fourth-order valence-electron chi connectivity index (χ4n) is 1.75. The van der Waals surface area contributed by atoms with Crippen LogP contribution >= 0.6 is 11.3 Å². The van der Waals surface area contributed by atoms with Crippen LogP contribution in [0.5, 0.6) is 0 Å². The molecule has 0 saturated carbocycles. The van der Waals surface area contributed by atoms with E-state index in [1.165, 1.54) is 4.88 Å². The summed E-state index contributed by atoms with van der Waals surface area (Å²) in [6, 6.07) is 4.59. The predicted molar refractivity (Wildman–Crippen MR) is 74.5 cm³/mol. The van der Waals surface area contributed by atoms with E-state index < -0.39 is 0 Å². The van der Waals surface area contributed by atoms with Crippen LogP contribution in [0, 0.1) is 0 Å². The molecule has 0 aliphatic rings. The van der Waals surface area contributed by atoms with Crippen molar-refractivity contribution in [2.24, 2.45) is 0 Å². The van der Waals surface area contributed by atoms with Gasteiger partial charge in [-0.25, -0.2) is 0 Å². The Morgan fingerprint density at radius 1 is 1.53 bits per heavy atom. The van der Waals surface area contributed by atoms with E-state index in [4.69, 9.17) is 0 Å². The molecule has 0 fully saturated rings. The van der Waals surface area contributed by atoms with Gasteiger partial charge in [0.15, 0.2) is 0 Å². The van der Waals surface area contributed by atoms with Gasteiger partial charge in [-0.2, -0.15) is 0 Å². The van der Waals surface area contributed by atoms with Gasteiger partial charge in [-0.3, -0.25) is 4.90 Å². The van der Waals surface area contributed by atoms with Crippen molar-refractivity contribution in [1.29, 1.82) is 0 Å². The summed E-state index contributed by atoms with van der Waals surface area (Å²) in [5.74, 6) is 0. The summed E-state index contributed by atoms with van der Waals surface area (Å²) in [5.41, 5.74) is 0. The average molecular weight is 256 g/mol. The highest BCUT2D eigenvalue weighted by molar-refractivity contribution is 7.10. The Morgan fingerprint density at radius 2 is 2.29 bits per heavy atom. The molecule has 98 valence electrons. The first-order valence-electron chi connectivity index (χ1n) is 6.27. The quantitative estimate of drug-likeness (QED) is 0.699. The van der Waals surface area contributed by atoms with Crippen LogP contribution in [0.4, 0.5) is 0 Å². The number of aliphatic hydroxyl groups is 1. The molecule has 0 aliphatic carbocycles. The van der Waals surface area contributed by atoms with Gasteiger partial charge in [0.05, 0.1) is 6.10 Å². The molecule has 2 unspecified atom stereocenters. The van der Waals surface area contributed by atoms with Gasteiger partial charge in [0.25, 0.3) is 0 Å². The fraction of sp³-hybridized carbons (Fsp3) is 0.692. The van der Waals surface area contributed by atoms with E-state index in [9.17, 15) is 5.11 Å². The first kappa shape index (κ1) is 14.6. The van der Waals surface area contributed by atoms with E-state index in [0.717, 1.165) is 13.0 Å². The van der Waals surface area contributed by atoms with Crippen molar-refractivity contribution in [3.63, 3.8) is 0 Å². The Bertz CT molecular complexity index is 290. The lowest BCUT2D eigenvalue weighted by molar-refractivity contribution is 0.108. The molecular weight excluding hydrogens is 232 g/mol. The Morgan fingerprint density at radius 3 is 2.88 bits per heavy atom. The molecular formula is C13H24N2OS. The Labute approximate surface area is 108 Å². The van der Waals surface area contributed by atoms with Gasteiger partial charge in [0.2, 0.25) is 0 Å². The van der Waals surface area contributed by atoms with Crippen molar-refractivity contribution >= 4 is 11.3 Å². The van der Waals surface area contributed by atoms with Crippen molar-refractivity contribution in [1.82, 2.24) is 10.2 Å². The topological polar surface area (TPSA) is 35.5 Å². The molecule has 17 heavy (non-hydrogen) atoms. The van der Waals surface area contributed by atoms with Gasteiger partial charge in [-0.05, 0) is 38.4 Å². The van der Waals surface area contributed by atoms with Crippen LogP contribution in [0.3, 0.4) is 0 Å². The van der Waals surface area contributed by atoms with Gasteiger partial charge < -0.3 is 10.4 Å². The van der Waals surface area contributed by atoms with E-state index in [0.29, 0.717) is 19.1 Å². The monoisotopic (exact) mass is 256 g/mol. The summed E-state index contributed by atoms with van der Waals surface area (Å²) in [6.07, 6.45) is 0.808. The second kappa shape index (κ2) is 7.82. The maximum atomic E-state index is 9.89.